The number of hydrogen-bond acceptors (Lipinski definition) is 1. The minimum atomic E-state index is 0.694. The SMILES string of the molecule is CCc1ccc(C2CC(CC)CCC2CN)cc1. The zero-order valence-corrected chi connectivity index (χ0v) is 11.9. The van der Waals surface area contributed by atoms with E-state index >= 15 is 0 Å². The number of nitrogens with two attached hydrogens (primary N) is 1. The lowest BCUT2D eigenvalue weighted by Gasteiger charge is -2.35. The van der Waals surface area contributed by atoms with Crippen LogP contribution in [-0.2, 0) is 6.42 Å². The fourth-order valence-corrected chi connectivity index (χ4v) is 3.38. The Labute approximate surface area is 112 Å². The second-order valence-electron chi connectivity index (χ2n) is 5.78. The van der Waals surface area contributed by atoms with Crippen LogP contribution in [-0.4, -0.2) is 6.54 Å². The highest BCUT2D eigenvalue weighted by atomic mass is 14.6. The van der Waals surface area contributed by atoms with Crippen LogP contribution in [0.15, 0.2) is 24.3 Å². The minimum Gasteiger partial charge on any atom is -0.330 e. The van der Waals surface area contributed by atoms with Crippen LogP contribution < -0.4 is 5.73 Å². The fourth-order valence-electron chi connectivity index (χ4n) is 3.38. The summed E-state index contributed by atoms with van der Waals surface area (Å²) in [6, 6.07) is 9.26. The van der Waals surface area contributed by atoms with Crippen molar-refractivity contribution in [2.24, 2.45) is 17.6 Å². The van der Waals surface area contributed by atoms with Crippen LogP contribution in [0.5, 0.6) is 0 Å². The standard InChI is InChI=1S/C17H27N/c1-3-13-5-8-15(9-6-13)17-11-14(4-2)7-10-16(17)12-18/h5-6,8-9,14,16-17H,3-4,7,10-12,18H2,1-2H3. The summed E-state index contributed by atoms with van der Waals surface area (Å²) in [7, 11) is 0. The Morgan fingerprint density at radius 2 is 1.83 bits per heavy atom. The predicted molar refractivity (Wildman–Crippen MR) is 78.7 cm³/mol. The van der Waals surface area contributed by atoms with Crippen LogP contribution in [0.4, 0.5) is 0 Å². The van der Waals surface area contributed by atoms with E-state index in [4.69, 9.17) is 5.73 Å². The van der Waals surface area contributed by atoms with Gasteiger partial charge in [-0.05, 0) is 54.7 Å². The molecule has 3 unspecified atom stereocenters. The molecular weight excluding hydrogens is 218 g/mol. The van der Waals surface area contributed by atoms with Crippen molar-refractivity contribution < 1.29 is 0 Å². The van der Waals surface area contributed by atoms with Gasteiger partial charge in [0.05, 0.1) is 0 Å². The Morgan fingerprint density at radius 1 is 1.11 bits per heavy atom. The lowest BCUT2D eigenvalue weighted by molar-refractivity contribution is 0.236. The molecule has 0 amide bonds. The monoisotopic (exact) mass is 245 g/mol. The van der Waals surface area contributed by atoms with Crippen LogP contribution in [0.25, 0.3) is 0 Å². The maximum atomic E-state index is 5.97. The molecule has 0 bridgehead atoms. The maximum absolute atomic E-state index is 5.97. The Bertz CT molecular complexity index is 354. The molecule has 1 nitrogen and oxygen atoms in total. The predicted octanol–water partition coefficient (Wildman–Crippen LogP) is 4.12. The second-order valence-corrected chi connectivity index (χ2v) is 5.78. The van der Waals surface area contributed by atoms with Crippen molar-refractivity contribution >= 4 is 0 Å². The highest BCUT2D eigenvalue weighted by Gasteiger charge is 2.29. The van der Waals surface area contributed by atoms with Crippen LogP contribution in [0, 0.1) is 11.8 Å². The minimum absolute atomic E-state index is 0.694. The van der Waals surface area contributed by atoms with Crippen LogP contribution in [0.1, 0.15) is 56.6 Å². The second kappa shape index (κ2) is 6.38. The molecule has 1 heteroatoms. The molecule has 0 heterocycles. The van der Waals surface area contributed by atoms with Gasteiger partial charge in [0.2, 0.25) is 0 Å². The van der Waals surface area contributed by atoms with E-state index in [1.165, 1.54) is 36.8 Å². The van der Waals surface area contributed by atoms with Gasteiger partial charge in [0.25, 0.3) is 0 Å². The van der Waals surface area contributed by atoms with Gasteiger partial charge in [-0.1, -0.05) is 51.0 Å². The zero-order chi connectivity index (χ0) is 13.0. The van der Waals surface area contributed by atoms with Crippen LogP contribution in [0.2, 0.25) is 0 Å². The number of rotatable bonds is 4. The number of benzene rings is 1. The van der Waals surface area contributed by atoms with E-state index in [-0.39, 0.29) is 0 Å². The largest absolute Gasteiger partial charge is 0.330 e. The lowest BCUT2D eigenvalue weighted by atomic mass is 9.70. The van der Waals surface area contributed by atoms with Gasteiger partial charge in [0.1, 0.15) is 0 Å². The smallest absolute Gasteiger partial charge is 0.00430 e. The molecule has 0 spiro atoms. The van der Waals surface area contributed by atoms with Gasteiger partial charge in [-0.25, -0.2) is 0 Å². The fraction of sp³-hybridized carbons (Fsp3) is 0.647. The molecule has 3 atom stereocenters. The molecule has 18 heavy (non-hydrogen) atoms. The molecule has 0 aromatic heterocycles. The molecule has 1 aliphatic carbocycles. The van der Waals surface area contributed by atoms with Gasteiger partial charge >= 0.3 is 0 Å². The highest BCUT2D eigenvalue weighted by molar-refractivity contribution is 5.26. The quantitative estimate of drug-likeness (QED) is 0.848. The molecule has 1 aliphatic rings. The average molecular weight is 245 g/mol. The first kappa shape index (κ1) is 13.6. The van der Waals surface area contributed by atoms with E-state index < -0.39 is 0 Å². The summed E-state index contributed by atoms with van der Waals surface area (Å²) in [4.78, 5) is 0. The Morgan fingerprint density at radius 3 is 2.39 bits per heavy atom. The van der Waals surface area contributed by atoms with Crippen LogP contribution in [0.3, 0.4) is 0 Å². The number of aryl methyl sites for hydroxylation is 1. The summed E-state index contributed by atoms with van der Waals surface area (Å²) in [5, 5.41) is 0. The highest BCUT2D eigenvalue weighted by Crippen LogP contribution is 2.41. The Kier molecular flexibility index (Phi) is 4.82. The third kappa shape index (κ3) is 2.95. The molecule has 2 rings (SSSR count). The summed E-state index contributed by atoms with van der Waals surface area (Å²) >= 11 is 0. The zero-order valence-electron chi connectivity index (χ0n) is 11.9. The van der Waals surface area contributed by atoms with Crippen molar-refractivity contribution in [1.82, 2.24) is 0 Å². The van der Waals surface area contributed by atoms with Gasteiger partial charge in [-0.2, -0.15) is 0 Å². The van der Waals surface area contributed by atoms with Gasteiger partial charge in [0, 0.05) is 0 Å². The van der Waals surface area contributed by atoms with Gasteiger partial charge in [0.15, 0.2) is 0 Å². The van der Waals surface area contributed by atoms with Crippen molar-refractivity contribution in [3.8, 4) is 0 Å². The third-order valence-corrected chi connectivity index (χ3v) is 4.80. The van der Waals surface area contributed by atoms with Gasteiger partial charge in [-0.15, -0.1) is 0 Å². The molecular formula is C17H27N. The maximum Gasteiger partial charge on any atom is -0.00430 e. The molecule has 1 aromatic rings. The Balaban J connectivity index is 2.15. The molecule has 1 saturated carbocycles. The summed E-state index contributed by atoms with van der Waals surface area (Å²) in [6.07, 6.45) is 6.48. The van der Waals surface area contributed by atoms with E-state index in [0.717, 1.165) is 18.9 Å². The summed E-state index contributed by atoms with van der Waals surface area (Å²) in [6.45, 7) is 5.38. The van der Waals surface area contributed by atoms with E-state index in [0.29, 0.717) is 11.8 Å². The topological polar surface area (TPSA) is 26.0 Å². The van der Waals surface area contributed by atoms with Crippen molar-refractivity contribution in [3.05, 3.63) is 35.4 Å². The van der Waals surface area contributed by atoms with Crippen molar-refractivity contribution in [3.63, 3.8) is 0 Å². The summed E-state index contributed by atoms with van der Waals surface area (Å²) in [5.41, 5.74) is 8.92. The molecule has 0 saturated heterocycles. The average Bonchev–Trinajstić information content (AvgIpc) is 2.46. The first-order valence-electron chi connectivity index (χ1n) is 7.57. The summed E-state index contributed by atoms with van der Waals surface area (Å²) < 4.78 is 0. The van der Waals surface area contributed by atoms with E-state index in [1.807, 2.05) is 0 Å². The van der Waals surface area contributed by atoms with Crippen molar-refractivity contribution in [1.29, 1.82) is 0 Å². The first-order chi connectivity index (χ1) is 8.78. The molecule has 0 aliphatic heterocycles. The molecule has 1 fully saturated rings. The van der Waals surface area contributed by atoms with Gasteiger partial charge < -0.3 is 5.73 Å². The van der Waals surface area contributed by atoms with Crippen molar-refractivity contribution in [2.45, 2.75) is 51.9 Å². The van der Waals surface area contributed by atoms with E-state index in [9.17, 15) is 0 Å². The summed E-state index contributed by atoms with van der Waals surface area (Å²) in [5.74, 6) is 2.29. The third-order valence-electron chi connectivity index (χ3n) is 4.80. The molecule has 0 radical (unpaired) electrons. The molecule has 1 aromatic carbocycles. The molecule has 2 N–H and O–H groups in total. The lowest BCUT2D eigenvalue weighted by Crippen LogP contribution is -2.28. The Hall–Kier alpha value is -0.820. The van der Waals surface area contributed by atoms with E-state index in [2.05, 4.69) is 38.1 Å². The number of hydrogen-bond donors (Lipinski definition) is 1. The van der Waals surface area contributed by atoms with Crippen LogP contribution >= 0.6 is 0 Å². The van der Waals surface area contributed by atoms with Gasteiger partial charge in [-0.3, -0.25) is 0 Å². The van der Waals surface area contributed by atoms with Crippen molar-refractivity contribution in [2.75, 3.05) is 6.54 Å². The molecule has 100 valence electrons. The normalized spacial score (nSPS) is 28.3. The van der Waals surface area contributed by atoms with E-state index in [1.54, 1.807) is 0 Å². The first-order valence-corrected chi connectivity index (χ1v) is 7.57.